The zero-order valence-electron chi connectivity index (χ0n) is 17.2. The molecule has 2 atom stereocenters. The predicted molar refractivity (Wildman–Crippen MR) is 114 cm³/mol. The Morgan fingerprint density at radius 3 is 2.45 bits per heavy atom. The average Bonchev–Trinajstić information content (AvgIpc) is 3.07. The van der Waals surface area contributed by atoms with E-state index in [-0.39, 0.29) is 24.0 Å². The van der Waals surface area contributed by atoms with E-state index >= 15 is 4.39 Å². The molecule has 2 aromatic rings. The van der Waals surface area contributed by atoms with Crippen molar-refractivity contribution >= 4 is 28.2 Å². The number of hydrogen-bond donors (Lipinski definition) is 1. The van der Waals surface area contributed by atoms with Crippen LogP contribution in [0.15, 0.2) is 18.2 Å². The number of amides is 1. The third kappa shape index (κ3) is 3.90. The summed E-state index contributed by atoms with van der Waals surface area (Å²) in [6.45, 7) is 8.63. The van der Waals surface area contributed by atoms with E-state index in [1.807, 2.05) is 39.8 Å². The molecule has 0 spiro atoms. The van der Waals surface area contributed by atoms with Gasteiger partial charge in [0.2, 0.25) is 0 Å². The van der Waals surface area contributed by atoms with E-state index in [0.717, 1.165) is 29.0 Å². The Labute approximate surface area is 174 Å². The Morgan fingerprint density at radius 1 is 1.28 bits per heavy atom. The van der Waals surface area contributed by atoms with Crippen LogP contribution in [0.25, 0.3) is 11.3 Å². The fraction of sp³-hybridized carbons (Fsp3) is 0.524. The summed E-state index contributed by atoms with van der Waals surface area (Å²) in [6.07, 6.45) is 1.58. The molecule has 2 aliphatic heterocycles. The number of halogens is 1. The number of nitrogens with two attached hydrogens (primary N) is 1. The molecular formula is C21H27FN4O2S. The molecule has 6 nitrogen and oxygen atoms in total. The molecule has 2 bridgehead atoms. The number of ether oxygens (including phenoxy) is 1. The first-order valence-electron chi connectivity index (χ1n) is 9.91. The van der Waals surface area contributed by atoms with Crippen molar-refractivity contribution < 1.29 is 13.9 Å². The monoisotopic (exact) mass is 418 g/mol. The second-order valence-electron chi connectivity index (χ2n) is 8.80. The maximum atomic E-state index is 15.1. The SMILES string of the molecule is Cc1sc(N)nc1-c1ccc(N2C3CCC2CN(C(=O)OC(C)(C)C)C3)c(F)c1. The molecule has 0 saturated carbocycles. The van der Waals surface area contributed by atoms with Crippen LogP contribution in [0.1, 0.15) is 38.5 Å². The predicted octanol–water partition coefficient (Wildman–Crippen LogP) is 4.43. The molecular weight excluding hydrogens is 391 g/mol. The van der Waals surface area contributed by atoms with Crippen molar-refractivity contribution in [2.45, 2.75) is 58.2 Å². The number of benzene rings is 1. The van der Waals surface area contributed by atoms with E-state index in [4.69, 9.17) is 10.5 Å². The number of carbonyl (C=O) groups excluding carboxylic acids is 1. The van der Waals surface area contributed by atoms with Crippen LogP contribution >= 0.6 is 11.3 Å². The van der Waals surface area contributed by atoms with Crippen LogP contribution in [0.5, 0.6) is 0 Å². The zero-order valence-corrected chi connectivity index (χ0v) is 18.1. The molecule has 2 unspecified atom stereocenters. The fourth-order valence-corrected chi connectivity index (χ4v) is 5.03. The Hall–Kier alpha value is -2.35. The van der Waals surface area contributed by atoms with E-state index in [0.29, 0.717) is 23.9 Å². The molecule has 3 heterocycles. The number of piperazine rings is 1. The Balaban J connectivity index is 1.54. The van der Waals surface area contributed by atoms with Crippen molar-refractivity contribution in [3.8, 4) is 11.3 Å². The molecule has 0 aliphatic carbocycles. The maximum Gasteiger partial charge on any atom is 0.410 e. The maximum absolute atomic E-state index is 15.1. The number of fused-ring (bicyclic) bond motifs is 2. The minimum absolute atomic E-state index is 0.0956. The molecule has 8 heteroatoms. The normalized spacial score (nSPS) is 21.6. The van der Waals surface area contributed by atoms with Crippen molar-refractivity contribution in [1.82, 2.24) is 9.88 Å². The lowest BCUT2D eigenvalue weighted by atomic mass is 10.1. The summed E-state index contributed by atoms with van der Waals surface area (Å²) in [5.41, 5.74) is 7.32. The van der Waals surface area contributed by atoms with E-state index in [9.17, 15) is 4.79 Å². The minimum atomic E-state index is -0.521. The van der Waals surface area contributed by atoms with Crippen LogP contribution in [-0.2, 0) is 4.74 Å². The van der Waals surface area contributed by atoms with Crippen LogP contribution in [-0.4, -0.2) is 46.8 Å². The third-order valence-electron chi connectivity index (χ3n) is 5.45. The van der Waals surface area contributed by atoms with Crippen molar-refractivity contribution in [1.29, 1.82) is 0 Å². The first-order valence-corrected chi connectivity index (χ1v) is 10.7. The van der Waals surface area contributed by atoms with Crippen LogP contribution < -0.4 is 10.6 Å². The van der Waals surface area contributed by atoms with Gasteiger partial charge in [0.15, 0.2) is 5.13 Å². The van der Waals surface area contributed by atoms with E-state index in [1.54, 1.807) is 4.90 Å². The second kappa shape index (κ2) is 7.16. The molecule has 2 N–H and O–H groups in total. The number of aromatic nitrogens is 1. The first kappa shape index (κ1) is 19.9. The summed E-state index contributed by atoms with van der Waals surface area (Å²) in [4.78, 5) is 21.7. The molecule has 0 radical (unpaired) electrons. The van der Waals surface area contributed by atoms with Gasteiger partial charge in [0.1, 0.15) is 11.4 Å². The number of nitrogen functional groups attached to an aromatic ring is 1. The third-order valence-corrected chi connectivity index (χ3v) is 6.25. The zero-order chi connectivity index (χ0) is 20.9. The summed E-state index contributed by atoms with van der Waals surface area (Å²) >= 11 is 1.40. The van der Waals surface area contributed by atoms with Crippen LogP contribution in [0, 0.1) is 12.7 Å². The number of thiazole rings is 1. The van der Waals surface area contributed by atoms with Crippen molar-refractivity contribution in [3.63, 3.8) is 0 Å². The number of rotatable bonds is 2. The van der Waals surface area contributed by atoms with Gasteiger partial charge in [-0.15, -0.1) is 11.3 Å². The number of likely N-dealkylation sites (tertiary alicyclic amines) is 1. The van der Waals surface area contributed by atoms with E-state index in [2.05, 4.69) is 9.88 Å². The van der Waals surface area contributed by atoms with Gasteiger partial charge in [-0.2, -0.15) is 0 Å². The van der Waals surface area contributed by atoms with Gasteiger partial charge in [0.25, 0.3) is 0 Å². The smallest absolute Gasteiger partial charge is 0.410 e. The second-order valence-corrected chi connectivity index (χ2v) is 10.0. The summed E-state index contributed by atoms with van der Waals surface area (Å²) in [7, 11) is 0. The molecule has 4 rings (SSSR count). The molecule has 1 aromatic carbocycles. The molecule has 29 heavy (non-hydrogen) atoms. The molecule has 2 fully saturated rings. The van der Waals surface area contributed by atoms with Gasteiger partial charge in [0.05, 0.1) is 11.4 Å². The fourth-order valence-electron chi connectivity index (χ4n) is 4.32. The van der Waals surface area contributed by atoms with Gasteiger partial charge < -0.3 is 20.3 Å². The highest BCUT2D eigenvalue weighted by molar-refractivity contribution is 7.15. The number of hydrogen-bond acceptors (Lipinski definition) is 6. The van der Waals surface area contributed by atoms with Crippen molar-refractivity contribution in [3.05, 3.63) is 28.9 Å². The summed E-state index contributed by atoms with van der Waals surface area (Å²) in [5, 5.41) is 0.485. The highest BCUT2D eigenvalue weighted by atomic mass is 32.1. The topological polar surface area (TPSA) is 71.7 Å². The molecule has 1 aromatic heterocycles. The number of anilines is 2. The van der Waals surface area contributed by atoms with Gasteiger partial charge in [-0.05, 0) is 52.7 Å². The summed E-state index contributed by atoms with van der Waals surface area (Å²) in [6, 6.07) is 5.46. The highest BCUT2D eigenvalue weighted by Gasteiger charge is 2.43. The number of carbonyl (C=O) groups is 1. The average molecular weight is 419 g/mol. The Morgan fingerprint density at radius 2 is 1.93 bits per heavy atom. The lowest BCUT2D eigenvalue weighted by Gasteiger charge is -2.42. The molecule has 1 amide bonds. The first-order chi connectivity index (χ1) is 13.6. The van der Waals surface area contributed by atoms with E-state index in [1.165, 1.54) is 17.4 Å². The van der Waals surface area contributed by atoms with Gasteiger partial charge in [-0.1, -0.05) is 6.07 Å². The van der Waals surface area contributed by atoms with Gasteiger partial charge in [-0.3, -0.25) is 0 Å². The standard InChI is InChI=1S/C21H27FN4O2S/c1-12-18(24-19(23)29-12)13-5-8-17(16(22)9-13)26-14-6-7-15(26)11-25(10-14)20(27)28-21(2,3)4/h5,8-9,14-15H,6-7,10-11H2,1-4H3,(H2,23,24). The van der Waals surface area contributed by atoms with Gasteiger partial charge >= 0.3 is 6.09 Å². The van der Waals surface area contributed by atoms with Gasteiger partial charge in [0, 0.05) is 35.6 Å². The van der Waals surface area contributed by atoms with E-state index < -0.39 is 5.60 Å². The molecule has 2 aliphatic rings. The van der Waals surface area contributed by atoms with Crippen LogP contribution in [0.4, 0.5) is 20.0 Å². The Bertz CT molecular complexity index is 925. The molecule has 2 saturated heterocycles. The summed E-state index contributed by atoms with van der Waals surface area (Å²) in [5.74, 6) is -0.268. The Kier molecular flexibility index (Phi) is 4.93. The highest BCUT2D eigenvalue weighted by Crippen LogP contribution is 2.38. The molecule has 156 valence electrons. The number of aryl methyl sites for hydroxylation is 1. The minimum Gasteiger partial charge on any atom is -0.444 e. The van der Waals surface area contributed by atoms with Crippen molar-refractivity contribution in [2.75, 3.05) is 23.7 Å². The van der Waals surface area contributed by atoms with Crippen LogP contribution in [0.2, 0.25) is 0 Å². The van der Waals surface area contributed by atoms with Crippen molar-refractivity contribution in [2.24, 2.45) is 0 Å². The van der Waals surface area contributed by atoms with Gasteiger partial charge in [-0.25, -0.2) is 14.2 Å². The quantitative estimate of drug-likeness (QED) is 0.781. The lowest BCUT2D eigenvalue weighted by Crippen LogP contribution is -2.56. The number of nitrogens with zero attached hydrogens (tertiary/aromatic N) is 3. The van der Waals surface area contributed by atoms with Crippen LogP contribution in [0.3, 0.4) is 0 Å². The largest absolute Gasteiger partial charge is 0.444 e. The lowest BCUT2D eigenvalue weighted by molar-refractivity contribution is 0.0209. The summed E-state index contributed by atoms with van der Waals surface area (Å²) < 4.78 is 20.6.